The first-order valence-electron chi connectivity index (χ1n) is 10.9. The van der Waals surface area contributed by atoms with Gasteiger partial charge in [0, 0.05) is 0 Å². The first kappa shape index (κ1) is 47.4. The van der Waals surface area contributed by atoms with E-state index in [1.165, 1.54) is 0 Å². The van der Waals surface area contributed by atoms with Crippen LogP contribution in [0.4, 0.5) is 0 Å². The quantitative estimate of drug-likeness (QED) is 0.0569. The fourth-order valence-corrected chi connectivity index (χ4v) is 3.11. The van der Waals surface area contributed by atoms with E-state index in [0.29, 0.717) is 38.8 Å². The maximum atomic E-state index is 10.9. The van der Waals surface area contributed by atoms with Gasteiger partial charge in [0.05, 0.1) is 50.2 Å². The number of hydrogen-bond donors (Lipinski definition) is 6. The SMILES string of the molecule is NCCCC[C@@H](C(=O)[O-])N(CC(=O)O)CC(=O)O.NCCCC[C@@H](C(=O)[O-])N(CC(=O)O)CC(=O)O.O.[Na+].[Na+]. The fraction of sp³-hybridized carbons (Fsp3) is 0.700. The van der Waals surface area contributed by atoms with Gasteiger partial charge in [-0.05, 0) is 38.8 Å². The number of carbonyl (C=O) groups is 6. The van der Waals surface area contributed by atoms with Gasteiger partial charge in [-0.3, -0.25) is 29.0 Å². The summed E-state index contributed by atoms with van der Waals surface area (Å²) >= 11 is 0. The third-order valence-electron chi connectivity index (χ3n) is 4.64. The molecule has 0 heterocycles. The molecule has 0 rings (SSSR count). The van der Waals surface area contributed by atoms with Gasteiger partial charge in [-0.15, -0.1) is 0 Å². The van der Waals surface area contributed by atoms with Crippen LogP contribution >= 0.6 is 0 Å². The first-order valence-corrected chi connectivity index (χ1v) is 10.9. The smallest absolute Gasteiger partial charge is 0.548 e. The van der Waals surface area contributed by atoms with Gasteiger partial charge in [0.25, 0.3) is 0 Å². The molecule has 0 aliphatic heterocycles. The molecule has 0 aromatic carbocycles. The number of carbonyl (C=O) groups excluding carboxylic acids is 2. The van der Waals surface area contributed by atoms with Crippen LogP contribution in [0.1, 0.15) is 38.5 Å². The molecule has 0 aliphatic carbocycles. The van der Waals surface area contributed by atoms with Gasteiger partial charge in [0.1, 0.15) is 0 Å². The Balaban J connectivity index is -0.000000183. The van der Waals surface area contributed by atoms with Gasteiger partial charge in [-0.25, -0.2) is 0 Å². The number of rotatable bonds is 20. The van der Waals surface area contributed by atoms with Gasteiger partial charge in [-0.2, -0.15) is 0 Å². The Kier molecular flexibility index (Phi) is 34.2. The molecule has 0 saturated carbocycles. The number of hydrogen-bond acceptors (Lipinski definition) is 12. The minimum Gasteiger partial charge on any atom is -0.548 e. The standard InChI is InChI=1S/2C10H18N2O6.2Na.H2O/c2*11-4-2-1-3-7(10(17)18)12(5-8(13)14)6-9(15)16;;;/h2*7H,1-6,11H2,(H,13,14)(H,15,16)(H,17,18);;;1H2/q;;2*+1;/p-2/t2*7-;;;/m00.../s1. The zero-order valence-corrected chi connectivity index (χ0v) is 26.2. The van der Waals surface area contributed by atoms with E-state index in [2.05, 4.69) is 0 Å². The maximum Gasteiger partial charge on any atom is 1.00 e. The third kappa shape index (κ3) is 26.6. The molecule has 0 aliphatic rings. The third-order valence-corrected chi connectivity index (χ3v) is 4.64. The molecule has 216 valence electrons. The van der Waals surface area contributed by atoms with E-state index < -0.39 is 74.1 Å². The summed E-state index contributed by atoms with van der Waals surface area (Å²) in [6.07, 6.45) is 2.31. The zero-order chi connectivity index (χ0) is 28.3. The Morgan fingerprint density at radius 3 is 0.949 bits per heavy atom. The summed E-state index contributed by atoms with van der Waals surface area (Å²) in [7, 11) is 0. The van der Waals surface area contributed by atoms with E-state index in [-0.39, 0.29) is 77.4 Å². The van der Waals surface area contributed by atoms with Gasteiger partial charge < -0.3 is 57.2 Å². The zero-order valence-electron chi connectivity index (χ0n) is 22.2. The van der Waals surface area contributed by atoms with Crippen molar-refractivity contribution in [2.45, 2.75) is 50.6 Å². The van der Waals surface area contributed by atoms with Crippen molar-refractivity contribution >= 4 is 35.8 Å². The van der Waals surface area contributed by atoms with Crippen molar-refractivity contribution in [1.29, 1.82) is 0 Å². The van der Waals surface area contributed by atoms with E-state index in [9.17, 15) is 39.0 Å². The van der Waals surface area contributed by atoms with Gasteiger partial charge in [0.2, 0.25) is 0 Å². The predicted octanol–water partition coefficient (Wildman–Crippen LogP) is -11.4. The molecule has 2 atom stereocenters. The van der Waals surface area contributed by atoms with Crippen LogP contribution in [0.25, 0.3) is 0 Å². The molecule has 0 fully saturated rings. The molecule has 0 bridgehead atoms. The topological polar surface area (TPSA) is 319 Å². The largest absolute Gasteiger partial charge is 1.00 e. The summed E-state index contributed by atoms with van der Waals surface area (Å²) in [5.41, 5.74) is 10.5. The average Bonchev–Trinajstić information content (AvgIpc) is 2.72. The van der Waals surface area contributed by atoms with Gasteiger partial charge >= 0.3 is 83.0 Å². The van der Waals surface area contributed by atoms with Crippen LogP contribution in [-0.2, 0) is 28.8 Å². The summed E-state index contributed by atoms with van der Waals surface area (Å²) in [4.78, 5) is 65.9. The van der Waals surface area contributed by atoms with Gasteiger partial charge in [0.15, 0.2) is 0 Å². The van der Waals surface area contributed by atoms with Gasteiger partial charge in [-0.1, -0.05) is 12.8 Å². The minimum absolute atomic E-state index is 0. The van der Waals surface area contributed by atoms with Crippen molar-refractivity contribution in [1.82, 2.24) is 9.80 Å². The predicted molar refractivity (Wildman–Crippen MR) is 121 cm³/mol. The van der Waals surface area contributed by atoms with Crippen molar-refractivity contribution in [2.24, 2.45) is 11.5 Å². The van der Waals surface area contributed by atoms with E-state index in [1.54, 1.807) is 0 Å². The number of nitrogens with zero attached hydrogens (tertiary/aromatic N) is 2. The fourth-order valence-electron chi connectivity index (χ4n) is 3.11. The normalized spacial score (nSPS) is 11.4. The minimum atomic E-state index is -1.48. The molecular weight excluding hydrogens is 550 g/mol. The van der Waals surface area contributed by atoms with Crippen molar-refractivity contribution < 1.29 is 124 Å². The number of nitrogens with two attached hydrogens (primary N) is 2. The Bertz CT molecular complexity index is 654. The second-order valence-corrected chi connectivity index (χ2v) is 7.62. The number of unbranched alkanes of at least 4 members (excludes halogenated alkanes) is 2. The Labute approximate surface area is 269 Å². The van der Waals surface area contributed by atoms with Crippen LogP contribution < -0.4 is 80.8 Å². The van der Waals surface area contributed by atoms with Crippen molar-refractivity contribution in [3.63, 3.8) is 0 Å². The van der Waals surface area contributed by atoms with Crippen LogP contribution in [-0.4, -0.2) is 123 Å². The van der Waals surface area contributed by atoms with Crippen LogP contribution in [0.2, 0.25) is 0 Å². The number of carboxylic acid groups (broad SMARTS) is 6. The summed E-state index contributed by atoms with van der Waals surface area (Å²) in [5.74, 6) is -8.12. The average molecular weight is 587 g/mol. The maximum absolute atomic E-state index is 10.9. The first-order chi connectivity index (χ1) is 16.8. The molecule has 39 heavy (non-hydrogen) atoms. The van der Waals surface area contributed by atoms with E-state index in [0.717, 1.165) is 9.80 Å². The van der Waals surface area contributed by atoms with Crippen molar-refractivity contribution in [3.05, 3.63) is 0 Å². The molecule has 0 aromatic rings. The molecule has 0 aromatic heterocycles. The molecule has 17 nitrogen and oxygen atoms in total. The monoisotopic (exact) mass is 586 g/mol. The molecule has 0 amide bonds. The van der Waals surface area contributed by atoms with E-state index in [1.807, 2.05) is 0 Å². The van der Waals surface area contributed by atoms with Crippen LogP contribution in [0.3, 0.4) is 0 Å². The Morgan fingerprint density at radius 1 is 0.564 bits per heavy atom. The number of carboxylic acids is 6. The van der Waals surface area contributed by atoms with E-state index in [4.69, 9.17) is 31.9 Å². The van der Waals surface area contributed by atoms with Crippen molar-refractivity contribution in [2.75, 3.05) is 39.3 Å². The molecule has 0 spiro atoms. The van der Waals surface area contributed by atoms with Crippen LogP contribution in [0.15, 0.2) is 0 Å². The summed E-state index contributed by atoms with van der Waals surface area (Å²) < 4.78 is 0. The molecule has 0 saturated heterocycles. The summed E-state index contributed by atoms with van der Waals surface area (Å²) in [6, 6.07) is -2.47. The summed E-state index contributed by atoms with van der Waals surface area (Å²) in [6.45, 7) is -1.86. The summed E-state index contributed by atoms with van der Waals surface area (Å²) in [5, 5.41) is 56.4. The molecule has 0 radical (unpaired) electrons. The molecule has 10 N–H and O–H groups in total. The molecule has 19 heteroatoms. The molecule has 0 unspecified atom stereocenters. The second kappa shape index (κ2) is 28.2. The Hall–Kier alpha value is -1.38. The van der Waals surface area contributed by atoms with Crippen LogP contribution in [0, 0.1) is 0 Å². The molecular formula is C20H36N4Na2O13. The van der Waals surface area contributed by atoms with Crippen LogP contribution in [0.5, 0.6) is 0 Å². The second-order valence-electron chi connectivity index (χ2n) is 7.62. The van der Waals surface area contributed by atoms with Crippen molar-refractivity contribution in [3.8, 4) is 0 Å². The number of aliphatic carboxylic acids is 6. The Morgan fingerprint density at radius 2 is 0.795 bits per heavy atom. The van der Waals surface area contributed by atoms with E-state index >= 15 is 0 Å².